The van der Waals surface area contributed by atoms with E-state index in [1.807, 2.05) is 0 Å². The Morgan fingerprint density at radius 2 is 1.00 bits per heavy atom. The maximum absolute atomic E-state index is 12.1. The van der Waals surface area contributed by atoms with Gasteiger partial charge in [-0.05, 0) is 47.6 Å². The standard InChI is InChI=1S/C36H36N6O8/c1-15(2)25-19-11-17(5)27(33(47)29(19)21(31(45)35(25)49)13-39-41-23(43)7-9-37)28-18(6)12-20-26(16(3)4)36(50)32(46)22(30(20)34(28)48)14-40-42-24(44)8-10-38/h11-16,45-50H,7-8H2,1-6H3,(H,41,43)(H,42,44). The van der Waals surface area contributed by atoms with E-state index >= 15 is 0 Å². The third-order valence-electron chi connectivity index (χ3n) is 8.23. The first kappa shape index (κ1) is 36.3. The van der Waals surface area contributed by atoms with E-state index in [0.29, 0.717) is 33.0 Å². The lowest BCUT2D eigenvalue weighted by atomic mass is 9.83. The van der Waals surface area contributed by atoms with Crippen molar-refractivity contribution in [2.75, 3.05) is 0 Å². The van der Waals surface area contributed by atoms with Crippen molar-refractivity contribution in [3.63, 3.8) is 0 Å². The van der Waals surface area contributed by atoms with Crippen molar-refractivity contribution in [2.24, 2.45) is 10.2 Å². The number of aryl methyl sites for hydroxylation is 2. The summed E-state index contributed by atoms with van der Waals surface area (Å²) in [5, 5.41) is 94.5. The van der Waals surface area contributed by atoms with Crippen LogP contribution in [-0.2, 0) is 9.59 Å². The van der Waals surface area contributed by atoms with Crippen LogP contribution in [0.1, 0.15) is 85.8 Å². The van der Waals surface area contributed by atoms with E-state index in [4.69, 9.17) is 10.5 Å². The minimum absolute atomic E-state index is 0.0280. The van der Waals surface area contributed by atoms with Crippen LogP contribution in [0.2, 0.25) is 0 Å². The molecule has 258 valence electrons. The number of rotatable bonds is 9. The van der Waals surface area contributed by atoms with Gasteiger partial charge in [-0.25, -0.2) is 10.9 Å². The molecule has 0 bridgehead atoms. The van der Waals surface area contributed by atoms with E-state index in [1.54, 1.807) is 65.8 Å². The summed E-state index contributed by atoms with van der Waals surface area (Å²) in [6, 6.07) is 6.69. The number of hydrogen-bond donors (Lipinski definition) is 8. The van der Waals surface area contributed by atoms with Gasteiger partial charge in [0.1, 0.15) is 24.3 Å². The number of nitrogens with one attached hydrogen (secondary N) is 2. The van der Waals surface area contributed by atoms with Crippen LogP contribution in [0.25, 0.3) is 32.7 Å². The zero-order valence-electron chi connectivity index (χ0n) is 28.2. The molecule has 0 aliphatic rings. The summed E-state index contributed by atoms with van der Waals surface area (Å²) in [7, 11) is 0. The fourth-order valence-corrected chi connectivity index (χ4v) is 6.18. The van der Waals surface area contributed by atoms with E-state index in [-0.39, 0.29) is 44.9 Å². The summed E-state index contributed by atoms with van der Waals surface area (Å²) < 4.78 is 0. The van der Waals surface area contributed by atoms with Crippen LogP contribution < -0.4 is 10.9 Å². The van der Waals surface area contributed by atoms with Gasteiger partial charge in [-0.2, -0.15) is 20.7 Å². The summed E-state index contributed by atoms with van der Waals surface area (Å²) >= 11 is 0. The number of nitrogens with zero attached hydrogens (tertiary/aromatic N) is 4. The van der Waals surface area contributed by atoms with E-state index < -0.39 is 59.2 Å². The number of carbonyl (C=O) groups excluding carboxylic acids is 2. The minimum atomic E-state index is -0.730. The molecule has 0 aliphatic heterocycles. The Bertz CT molecular complexity index is 2070. The van der Waals surface area contributed by atoms with Crippen LogP contribution in [0.15, 0.2) is 22.3 Å². The van der Waals surface area contributed by atoms with E-state index in [9.17, 15) is 40.2 Å². The smallest absolute Gasteiger partial charge is 0.254 e. The van der Waals surface area contributed by atoms with Gasteiger partial charge >= 0.3 is 0 Å². The number of carbonyl (C=O) groups is 2. The normalized spacial score (nSPS) is 11.6. The number of amides is 2. The Balaban J connectivity index is 2.16. The summed E-state index contributed by atoms with van der Waals surface area (Å²) in [5.74, 6) is -5.19. The lowest BCUT2D eigenvalue weighted by Crippen LogP contribution is -2.16. The highest BCUT2D eigenvalue weighted by molar-refractivity contribution is 6.15. The van der Waals surface area contributed by atoms with Gasteiger partial charge in [0.2, 0.25) is 0 Å². The highest BCUT2D eigenvalue weighted by Gasteiger charge is 2.29. The molecule has 0 heterocycles. The summed E-state index contributed by atoms with van der Waals surface area (Å²) in [5.41, 5.74) is 5.70. The predicted octanol–water partition coefficient (Wildman–Crippen LogP) is 5.48. The lowest BCUT2D eigenvalue weighted by Gasteiger charge is -2.23. The van der Waals surface area contributed by atoms with Crippen molar-refractivity contribution in [1.29, 1.82) is 10.5 Å². The van der Waals surface area contributed by atoms with Gasteiger partial charge in [0, 0.05) is 33.0 Å². The van der Waals surface area contributed by atoms with Crippen LogP contribution in [0.4, 0.5) is 0 Å². The Morgan fingerprint density at radius 3 is 1.30 bits per heavy atom. The minimum Gasteiger partial charge on any atom is -0.507 e. The van der Waals surface area contributed by atoms with Gasteiger partial charge in [-0.15, -0.1) is 0 Å². The molecule has 4 aromatic rings. The molecule has 4 rings (SSSR count). The first-order valence-electron chi connectivity index (χ1n) is 15.4. The van der Waals surface area contributed by atoms with Crippen molar-refractivity contribution in [3.8, 4) is 57.8 Å². The molecule has 14 heteroatoms. The van der Waals surface area contributed by atoms with Crippen molar-refractivity contribution in [3.05, 3.63) is 45.5 Å². The molecule has 50 heavy (non-hydrogen) atoms. The first-order chi connectivity index (χ1) is 23.6. The topological polar surface area (TPSA) is 252 Å². The number of aromatic hydroxyl groups is 6. The maximum atomic E-state index is 12.1. The summed E-state index contributed by atoms with van der Waals surface area (Å²) in [6.45, 7) is 10.5. The third kappa shape index (κ3) is 6.34. The number of phenols is 6. The molecule has 0 fully saturated rings. The molecule has 14 nitrogen and oxygen atoms in total. The molecular formula is C36H36N6O8. The Labute approximate surface area is 286 Å². The molecule has 0 saturated heterocycles. The van der Waals surface area contributed by atoms with E-state index in [2.05, 4.69) is 21.1 Å². The fourth-order valence-electron chi connectivity index (χ4n) is 6.18. The van der Waals surface area contributed by atoms with Crippen molar-refractivity contribution in [1.82, 2.24) is 10.9 Å². The summed E-state index contributed by atoms with van der Waals surface area (Å²) in [4.78, 5) is 23.8. The SMILES string of the molecule is Cc1cc2c(C(C)C)c(O)c(O)c(C=NNC(=O)CC#N)c2c(O)c1-c1c(C)cc2c(C(C)C)c(O)c(O)c(C=NNC(=O)CC#N)c2c1O. The van der Waals surface area contributed by atoms with Crippen LogP contribution in [0.5, 0.6) is 34.5 Å². The largest absolute Gasteiger partial charge is 0.507 e. The van der Waals surface area contributed by atoms with Gasteiger partial charge in [-0.1, -0.05) is 39.8 Å². The van der Waals surface area contributed by atoms with Crippen molar-refractivity contribution < 1.29 is 40.2 Å². The number of hydrogen-bond acceptors (Lipinski definition) is 12. The second kappa shape index (κ2) is 14.3. The Morgan fingerprint density at radius 1 is 0.660 bits per heavy atom. The molecule has 0 unspecified atom stereocenters. The average molecular weight is 681 g/mol. The van der Waals surface area contributed by atoms with Crippen LogP contribution in [0, 0.1) is 36.5 Å². The van der Waals surface area contributed by atoms with Gasteiger partial charge in [-0.3, -0.25) is 9.59 Å². The second-order valence-corrected chi connectivity index (χ2v) is 12.3. The zero-order valence-corrected chi connectivity index (χ0v) is 28.2. The quantitative estimate of drug-likeness (QED) is 0.0627. The number of benzene rings is 4. The molecule has 4 aromatic carbocycles. The van der Waals surface area contributed by atoms with Gasteiger partial charge in [0.25, 0.3) is 11.8 Å². The lowest BCUT2D eigenvalue weighted by molar-refractivity contribution is -0.120. The number of phenolic OH excluding ortho intramolecular Hbond substituents is 6. The first-order valence-corrected chi connectivity index (χ1v) is 15.4. The number of fused-ring (bicyclic) bond motifs is 2. The van der Waals surface area contributed by atoms with E-state index in [0.717, 1.165) is 12.4 Å². The third-order valence-corrected chi connectivity index (χ3v) is 8.23. The van der Waals surface area contributed by atoms with Crippen molar-refractivity contribution >= 4 is 45.8 Å². The molecule has 0 aliphatic carbocycles. The van der Waals surface area contributed by atoms with Crippen molar-refractivity contribution in [2.45, 2.75) is 66.2 Å². The van der Waals surface area contributed by atoms with Crippen LogP contribution in [-0.4, -0.2) is 54.9 Å². The number of nitriles is 2. The molecule has 2 amide bonds. The van der Waals surface area contributed by atoms with E-state index in [1.165, 1.54) is 0 Å². The average Bonchev–Trinajstić information content (AvgIpc) is 3.02. The molecule has 0 spiro atoms. The highest BCUT2D eigenvalue weighted by atomic mass is 16.3. The van der Waals surface area contributed by atoms with Gasteiger partial charge in [0.05, 0.1) is 35.7 Å². The van der Waals surface area contributed by atoms with Crippen LogP contribution in [0.3, 0.4) is 0 Å². The van der Waals surface area contributed by atoms with Gasteiger partial charge in [0.15, 0.2) is 23.0 Å². The summed E-state index contributed by atoms with van der Waals surface area (Å²) in [6.07, 6.45) is 1.07. The van der Waals surface area contributed by atoms with Gasteiger partial charge < -0.3 is 30.6 Å². The fraction of sp³-hybridized carbons (Fsp3) is 0.278. The molecule has 0 aromatic heterocycles. The molecule has 0 radical (unpaired) electrons. The maximum Gasteiger partial charge on any atom is 0.254 e. The predicted molar refractivity (Wildman–Crippen MR) is 186 cm³/mol. The monoisotopic (exact) mass is 680 g/mol. The Kier molecular flexibility index (Phi) is 10.4. The Hall–Kier alpha value is -6.54. The molecule has 8 N–H and O–H groups in total. The number of hydrazone groups is 2. The molecule has 0 saturated carbocycles. The molecular weight excluding hydrogens is 644 g/mol. The van der Waals surface area contributed by atoms with Crippen LogP contribution >= 0.6 is 0 Å². The zero-order chi connectivity index (χ0) is 37.2. The highest BCUT2D eigenvalue weighted by Crippen LogP contribution is 2.54. The second-order valence-electron chi connectivity index (χ2n) is 12.3. The molecule has 0 atom stereocenters.